The molecule has 4 heterocycles. The molecule has 1 aliphatic heterocycles. The van der Waals surface area contributed by atoms with Crippen molar-refractivity contribution in [3.8, 4) is 0 Å². The molecule has 0 aromatic carbocycles. The molecule has 3 aromatic heterocycles. The van der Waals surface area contributed by atoms with Gasteiger partial charge in [0.25, 0.3) is 0 Å². The van der Waals surface area contributed by atoms with E-state index in [1.165, 1.54) is 4.88 Å². The monoisotopic (exact) mass is 300 g/mol. The largest absolute Gasteiger partial charge is 0.332 e. The van der Waals surface area contributed by atoms with E-state index in [4.69, 9.17) is 4.98 Å². The first kappa shape index (κ1) is 12.7. The Labute approximate surface area is 126 Å². The van der Waals surface area contributed by atoms with Crippen LogP contribution in [0.15, 0.2) is 36.4 Å². The second-order valence-corrected chi connectivity index (χ2v) is 6.26. The van der Waals surface area contributed by atoms with Crippen molar-refractivity contribution < 1.29 is 0 Å². The van der Waals surface area contributed by atoms with E-state index in [-0.39, 0.29) is 0 Å². The van der Waals surface area contributed by atoms with Crippen LogP contribution in [0.4, 0.5) is 0 Å². The van der Waals surface area contributed by atoms with E-state index in [0.29, 0.717) is 6.54 Å². The highest BCUT2D eigenvalue weighted by Crippen LogP contribution is 2.18. The maximum atomic E-state index is 4.74. The van der Waals surface area contributed by atoms with Crippen LogP contribution in [0.3, 0.4) is 0 Å². The van der Waals surface area contributed by atoms with Gasteiger partial charge in [0, 0.05) is 30.7 Å². The molecule has 0 atom stereocenters. The molecule has 21 heavy (non-hydrogen) atoms. The van der Waals surface area contributed by atoms with Crippen molar-refractivity contribution in [3.05, 3.63) is 52.8 Å². The minimum absolute atomic E-state index is 0.685. The van der Waals surface area contributed by atoms with Crippen LogP contribution in [0.1, 0.15) is 16.4 Å². The number of thiophene rings is 1. The van der Waals surface area contributed by atoms with Crippen LogP contribution in [0.25, 0.3) is 0 Å². The SMILES string of the molecule is c1csc(CN2CCn3cc(Cn4cncn4)nc3C2)c1. The highest BCUT2D eigenvalue weighted by atomic mass is 32.1. The van der Waals surface area contributed by atoms with Crippen molar-refractivity contribution in [2.24, 2.45) is 0 Å². The molecule has 4 rings (SSSR count). The maximum Gasteiger partial charge on any atom is 0.137 e. The number of hydrogen-bond donors (Lipinski definition) is 0. The molecular weight excluding hydrogens is 284 g/mol. The molecular formula is C14H16N6S. The van der Waals surface area contributed by atoms with E-state index in [2.05, 4.69) is 43.3 Å². The zero-order chi connectivity index (χ0) is 14.1. The zero-order valence-electron chi connectivity index (χ0n) is 11.6. The van der Waals surface area contributed by atoms with Crippen LogP contribution in [-0.4, -0.2) is 35.8 Å². The third-order valence-electron chi connectivity index (χ3n) is 3.68. The van der Waals surface area contributed by atoms with Gasteiger partial charge in [-0.25, -0.2) is 14.6 Å². The lowest BCUT2D eigenvalue weighted by Crippen LogP contribution is -2.32. The normalized spacial score (nSPS) is 15.2. The molecule has 0 spiro atoms. The van der Waals surface area contributed by atoms with Gasteiger partial charge in [-0.3, -0.25) is 4.90 Å². The molecule has 0 amide bonds. The minimum atomic E-state index is 0.685. The number of rotatable bonds is 4. The zero-order valence-corrected chi connectivity index (χ0v) is 12.4. The van der Waals surface area contributed by atoms with E-state index >= 15 is 0 Å². The molecule has 0 bridgehead atoms. The molecule has 1 aliphatic rings. The summed E-state index contributed by atoms with van der Waals surface area (Å²) in [5.74, 6) is 1.15. The summed E-state index contributed by atoms with van der Waals surface area (Å²) in [7, 11) is 0. The van der Waals surface area contributed by atoms with Crippen LogP contribution in [0, 0.1) is 0 Å². The van der Waals surface area contributed by atoms with Crippen molar-refractivity contribution in [2.75, 3.05) is 6.54 Å². The Hall–Kier alpha value is -1.99. The molecule has 0 radical (unpaired) electrons. The molecule has 3 aromatic rings. The van der Waals surface area contributed by atoms with Gasteiger partial charge >= 0.3 is 0 Å². The fourth-order valence-corrected chi connectivity index (χ4v) is 3.42. The van der Waals surface area contributed by atoms with E-state index in [9.17, 15) is 0 Å². The smallest absolute Gasteiger partial charge is 0.137 e. The van der Waals surface area contributed by atoms with Gasteiger partial charge in [0.1, 0.15) is 18.5 Å². The molecule has 0 saturated carbocycles. The summed E-state index contributed by atoms with van der Waals surface area (Å²) in [5.41, 5.74) is 1.05. The van der Waals surface area contributed by atoms with Gasteiger partial charge in [0.2, 0.25) is 0 Å². The number of nitrogens with zero attached hydrogens (tertiary/aromatic N) is 6. The first-order valence-electron chi connectivity index (χ1n) is 6.99. The number of imidazole rings is 1. The van der Waals surface area contributed by atoms with Gasteiger partial charge in [0.05, 0.1) is 18.8 Å². The average molecular weight is 300 g/mol. The van der Waals surface area contributed by atoms with Crippen molar-refractivity contribution in [1.82, 2.24) is 29.2 Å². The highest BCUT2D eigenvalue weighted by Gasteiger charge is 2.19. The summed E-state index contributed by atoms with van der Waals surface area (Å²) < 4.78 is 4.06. The molecule has 0 aliphatic carbocycles. The third-order valence-corrected chi connectivity index (χ3v) is 4.54. The fourth-order valence-electron chi connectivity index (χ4n) is 2.68. The topological polar surface area (TPSA) is 51.8 Å². The predicted octanol–water partition coefficient (Wildman–Crippen LogP) is 1.60. The first-order valence-corrected chi connectivity index (χ1v) is 7.87. The minimum Gasteiger partial charge on any atom is -0.332 e. The summed E-state index contributed by atoms with van der Waals surface area (Å²) in [6.45, 7) is 4.69. The second-order valence-electron chi connectivity index (χ2n) is 5.22. The van der Waals surface area contributed by atoms with Gasteiger partial charge in [-0.15, -0.1) is 11.3 Å². The number of fused-ring (bicyclic) bond motifs is 1. The van der Waals surface area contributed by atoms with E-state index in [0.717, 1.165) is 37.7 Å². The Balaban J connectivity index is 1.46. The summed E-state index contributed by atoms with van der Waals surface area (Å²) in [6, 6.07) is 4.31. The fraction of sp³-hybridized carbons (Fsp3) is 0.357. The third kappa shape index (κ3) is 2.74. The Bertz CT molecular complexity index is 700. The van der Waals surface area contributed by atoms with Crippen molar-refractivity contribution >= 4 is 11.3 Å². The summed E-state index contributed by atoms with van der Waals surface area (Å²) in [5, 5.41) is 6.27. The Morgan fingerprint density at radius 3 is 3.05 bits per heavy atom. The van der Waals surface area contributed by atoms with E-state index < -0.39 is 0 Å². The van der Waals surface area contributed by atoms with Crippen LogP contribution < -0.4 is 0 Å². The summed E-state index contributed by atoms with van der Waals surface area (Å²) >= 11 is 1.82. The van der Waals surface area contributed by atoms with Crippen molar-refractivity contribution in [3.63, 3.8) is 0 Å². The molecule has 0 fully saturated rings. The average Bonchev–Trinajstić information content (AvgIpc) is 3.19. The van der Waals surface area contributed by atoms with Crippen molar-refractivity contribution in [1.29, 1.82) is 0 Å². The summed E-state index contributed by atoms with van der Waals surface area (Å²) in [6.07, 6.45) is 5.42. The molecule has 7 heteroatoms. The number of aromatic nitrogens is 5. The molecule has 0 saturated heterocycles. The Morgan fingerprint density at radius 1 is 1.24 bits per heavy atom. The molecule has 0 unspecified atom stereocenters. The molecule has 6 nitrogen and oxygen atoms in total. The van der Waals surface area contributed by atoms with Crippen molar-refractivity contribution in [2.45, 2.75) is 26.2 Å². The Morgan fingerprint density at radius 2 is 2.24 bits per heavy atom. The van der Waals surface area contributed by atoms with Crippen LogP contribution in [0.2, 0.25) is 0 Å². The van der Waals surface area contributed by atoms with Gasteiger partial charge in [-0.05, 0) is 11.4 Å². The lowest BCUT2D eigenvalue weighted by Gasteiger charge is -2.26. The van der Waals surface area contributed by atoms with E-state index in [1.54, 1.807) is 17.3 Å². The molecule has 0 N–H and O–H groups in total. The predicted molar refractivity (Wildman–Crippen MR) is 79.8 cm³/mol. The summed E-state index contributed by atoms with van der Waals surface area (Å²) in [4.78, 5) is 12.6. The van der Waals surface area contributed by atoms with Gasteiger partial charge < -0.3 is 4.57 Å². The standard InChI is InChI=1S/C14H16N6S/c1-2-13(21-5-1)8-18-3-4-19-6-12(17-14(19)9-18)7-20-11-15-10-16-20/h1-2,5-6,10-11H,3-4,7-9H2. The van der Waals surface area contributed by atoms with Crippen LogP contribution in [0.5, 0.6) is 0 Å². The quantitative estimate of drug-likeness (QED) is 0.734. The second kappa shape index (κ2) is 5.42. The first-order chi connectivity index (χ1) is 10.4. The van der Waals surface area contributed by atoms with E-state index in [1.807, 2.05) is 11.3 Å². The van der Waals surface area contributed by atoms with Gasteiger partial charge in [-0.2, -0.15) is 5.10 Å². The molecule has 108 valence electrons. The van der Waals surface area contributed by atoms with Gasteiger partial charge in [-0.1, -0.05) is 6.07 Å². The Kier molecular flexibility index (Phi) is 3.28. The lowest BCUT2D eigenvalue weighted by atomic mass is 10.3. The van der Waals surface area contributed by atoms with Crippen LogP contribution in [-0.2, 0) is 26.2 Å². The number of hydrogen-bond acceptors (Lipinski definition) is 5. The van der Waals surface area contributed by atoms with Gasteiger partial charge in [0.15, 0.2) is 0 Å². The highest BCUT2D eigenvalue weighted by molar-refractivity contribution is 7.09. The maximum absolute atomic E-state index is 4.74. The lowest BCUT2D eigenvalue weighted by molar-refractivity contribution is 0.210. The van der Waals surface area contributed by atoms with Crippen LogP contribution >= 0.6 is 11.3 Å².